The maximum Gasteiger partial charge on any atom is 0.250 e. The van der Waals surface area contributed by atoms with Crippen molar-refractivity contribution in [3.05, 3.63) is 66.5 Å². The number of morpholine rings is 1. The number of hydrogen-bond donors (Lipinski definition) is 1. The predicted molar refractivity (Wildman–Crippen MR) is 156 cm³/mol. The van der Waals surface area contributed by atoms with Gasteiger partial charge in [-0.15, -0.1) is 11.3 Å². The summed E-state index contributed by atoms with van der Waals surface area (Å²) in [6.45, 7) is 15.9. The number of ether oxygens (including phenoxy) is 1. The lowest BCUT2D eigenvalue weighted by atomic mass is 10.1. The van der Waals surface area contributed by atoms with Crippen LogP contribution in [-0.4, -0.2) is 49.5 Å². The first-order valence-corrected chi connectivity index (χ1v) is 16.6. The molecule has 2 aromatic carbocycles. The molecule has 0 radical (unpaired) electrons. The average Bonchev–Trinajstić information content (AvgIpc) is 3.30. The van der Waals surface area contributed by atoms with Crippen molar-refractivity contribution in [1.82, 2.24) is 14.9 Å². The molecule has 0 saturated carbocycles. The Balaban J connectivity index is 1.37. The van der Waals surface area contributed by atoms with Gasteiger partial charge in [-0.05, 0) is 53.5 Å². The highest BCUT2D eigenvalue weighted by molar-refractivity contribution is 7.22. The Morgan fingerprint density at radius 2 is 1.81 bits per heavy atom. The van der Waals surface area contributed by atoms with Crippen molar-refractivity contribution >= 4 is 41.4 Å². The number of nitrogens with zero attached hydrogens (tertiary/aromatic N) is 3. The number of anilines is 2. The lowest BCUT2D eigenvalue weighted by molar-refractivity contribution is 0.0342. The first-order chi connectivity index (χ1) is 17.7. The molecule has 6 nitrogen and oxygen atoms in total. The van der Waals surface area contributed by atoms with Gasteiger partial charge in [-0.1, -0.05) is 45.0 Å². The standard InChI is InChI=1S/C29H36N4O2SSi/c1-29(2,3)37(4,5)35-24-11-7-10-23(17-24)32-28-27-25(30-20-31-28)18-26(36-27)22-9-6-8-21(16-22)19-33-12-14-34-15-13-33/h6-11,16-18,20H,12-15,19H2,1-5H3,(H,30,31,32). The Morgan fingerprint density at radius 1 is 1.03 bits per heavy atom. The number of fused-ring (bicyclic) bond motifs is 1. The van der Waals surface area contributed by atoms with E-state index in [0.29, 0.717) is 0 Å². The van der Waals surface area contributed by atoms with Crippen molar-refractivity contribution in [3.8, 4) is 16.2 Å². The van der Waals surface area contributed by atoms with Gasteiger partial charge < -0.3 is 14.5 Å². The third-order valence-corrected chi connectivity index (χ3v) is 12.8. The first kappa shape index (κ1) is 25.8. The van der Waals surface area contributed by atoms with Crippen LogP contribution in [0, 0.1) is 0 Å². The van der Waals surface area contributed by atoms with Crippen LogP contribution >= 0.6 is 11.3 Å². The fourth-order valence-corrected chi connectivity index (χ4v) is 6.22. The summed E-state index contributed by atoms with van der Waals surface area (Å²) >= 11 is 1.72. The van der Waals surface area contributed by atoms with Gasteiger partial charge in [-0.25, -0.2) is 9.97 Å². The highest BCUT2D eigenvalue weighted by Crippen LogP contribution is 2.39. The number of thiophene rings is 1. The molecule has 0 bridgehead atoms. The van der Waals surface area contributed by atoms with E-state index in [-0.39, 0.29) is 5.04 Å². The van der Waals surface area contributed by atoms with Crippen LogP contribution in [0.15, 0.2) is 60.9 Å². The SMILES string of the molecule is CC(C)(C)[Si](C)(C)Oc1cccc(Nc2ncnc3cc(-c4cccc(CN5CCOCC5)c4)sc23)c1. The molecular formula is C29H36N4O2SSi. The molecule has 0 amide bonds. The number of nitrogens with one attached hydrogen (secondary N) is 1. The largest absolute Gasteiger partial charge is 0.543 e. The molecule has 0 unspecified atom stereocenters. The van der Waals surface area contributed by atoms with Gasteiger partial charge in [0.2, 0.25) is 8.32 Å². The third-order valence-electron chi connectivity index (χ3n) is 7.31. The van der Waals surface area contributed by atoms with Crippen LogP contribution in [0.5, 0.6) is 5.75 Å². The lowest BCUT2D eigenvalue weighted by Gasteiger charge is -2.36. The Bertz CT molecular complexity index is 1380. The van der Waals surface area contributed by atoms with Gasteiger partial charge in [0.05, 0.1) is 23.4 Å². The Morgan fingerprint density at radius 3 is 2.59 bits per heavy atom. The van der Waals surface area contributed by atoms with E-state index in [9.17, 15) is 0 Å². The van der Waals surface area contributed by atoms with Crippen molar-refractivity contribution in [2.24, 2.45) is 0 Å². The third kappa shape index (κ3) is 6.04. The summed E-state index contributed by atoms with van der Waals surface area (Å²) in [4.78, 5) is 12.8. The van der Waals surface area contributed by atoms with Gasteiger partial charge in [0, 0.05) is 36.3 Å². The second-order valence-corrected chi connectivity index (χ2v) is 16.9. The van der Waals surface area contributed by atoms with E-state index in [1.165, 1.54) is 16.0 Å². The summed E-state index contributed by atoms with van der Waals surface area (Å²) in [6, 6.07) is 19.2. The normalized spacial score (nSPS) is 15.2. The second-order valence-electron chi connectivity index (χ2n) is 11.2. The van der Waals surface area contributed by atoms with Crippen molar-refractivity contribution in [3.63, 3.8) is 0 Å². The molecule has 0 atom stereocenters. The Labute approximate surface area is 224 Å². The molecule has 37 heavy (non-hydrogen) atoms. The molecule has 0 spiro atoms. The molecule has 3 heterocycles. The minimum atomic E-state index is -1.92. The van der Waals surface area contributed by atoms with E-state index in [2.05, 4.69) is 96.5 Å². The summed E-state index contributed by atoms with van der Waals surface area (Å²) < 4.78 is 13.1. The molecule has 1 aliphatic rings. The Kier molecular flexibility index (Phi) is 7.36. The molecule has 5 rings (SSSR count). The fourth-order valence-electron chi connectivity index (χ4n) is 4.15. The molecule has 1 N–H and O–H groups in total. The highest BCUT2D eigenvalue weighted by atomic mass is 32.1. The van der Waals surface area contributed by atoms with Crippen LogP contribution in [0.25, 0.3) is 20.7 Å². The van der Waals surface area contributed by atoms with Crippen LogP contribution in [0.3, 0.4) is 0 Å². The van der Waals surface area contributed by atoms with E-state index < -0.39 is 8.32 Å². The zero-order valence-corrected chi connectivity index (χ0v) is 24.2. The van der Waals surface area contributed by atoms with Gasteiger partial charge in [0.15, 0.2) is 5.82 Å². The Hall–Kier alpha value is -2.78. The summed E-state index contributed by atoms with van der Waals surface area (Å²) in [5, 5.41) is 3.66. The number of aromatic nitrogens is 2. The molecule has 1 fully saturated rings. The molecule has 194 valence electrons. The van der Waals surface area contributed by atoms with Crippen LogP contribution in [0.4, 0.5) is 11.5 Å². The molecule has 1 aliphatic heterocycles. The van der Waals surface area contributed by atoms with Crippen molar-refractivity contribution < 1.29 is 9.16 Å². The van der Waals surface area contributed by atoms with Gasteiger partial charge >= 0.3 is 0 Å². The van der Waals surface area contributed by atoms with E-state index in [4.69, 9.17) is 9.16 Å². The second kappa shape index (κ2) is 10.5. The number of benzene rings is 2. The minimum Gasteiger partial charge on any atom is -0.543 e. The molecular weight excluding hydrogens is 496 g/mol. The topological polar surface area (TPSA) is 59.5 Å². The smallest absolute Gasteiger partial charge is 0.250 e. The van der Waals surface area contributed by atoms with Gasteiger partial charge in [-0.3, -0.25) is 4.90 Å². The van der Waals surface area contributed by atoms with E-state index in [0.717, 1.165) is 60.3 Å². The number of rotatable bonds is 7. The molecule has 2 aromatic heterocycles. The quantitative estimate of drug-likeness (QED) is 0.252. The summed E-state index contributed by atoms with van der Waals surface area (Å²) in [7, 11) is -1.92. The lowest BCUT2D eigenvalue weighted by Crippen LogP contribution is -2.43. The monoisotopic (exact) mass is 532 g/mol. The zero-order valence-electron chi connectivity index (χ0n) is 22.4. The predicted octanol–water partition coefficient (Wildman–Crippen LogP) is 7.32. The van der Waals surface area contributed by atoms with Crippen LogP contribution in [0.2, 0.25) is 18.1 Å². The summed E-state index contributed by atoms with van der Waals surface area (Å²) in [5.41, 5.74) is 4.44. The van der Waals surface area contributed by atoms with Crippen LogP contribution < -0.4 is 9.74 Å². The molecule has 1 saturated heterocycles. The van der Waals surface area contributed by atoms with Crippen LogP contribution in [-0.2, 0) is 11.3 Å². The first-order valence-electron chi connectivity index (χ1n) is 12.9. The average molecular weight is 533 g/mol. The molecule has 8 heteroatoms. The van der Waals surface area contributed by atoms with Crippen molar-refractivity contribution in [2.45, 2.75) is 45.4 Å². The van der Waals surface area contributed by atoms with E-state index >= 15 is 0 Å². The van der Waals surface area contributed by atoms with E-state index in [1.807, 2.05) is 12.1 Å². The number of hydrogen-bond acceptors (Lipinski definition) is 7. The molecule has 4 aromatic rings. The maximum absolute atomic E-state index is 6.52. The van der Waals surface area contributed by atoms with Gasteiger partial charge in [0.25, 0.3) is 0 Å². The van der Waals surface area contributed by atoms with Gasteiger partial charge in [0.1, 0.15) is 12.1 Å². The van der Waals surface area contributed by atoms with E-state index in [1.54, 1.807) is 17.7 Å². The molecule has 0 aliphatic carbocycles. The van der Waals surface area contributed by atoms with Gasteiger partial charge in [-0.2, -0.15) is 0 Å². The zero-order chi connectivity index (χ0) is 26.0. The maximum atomic E-state index is 6.52. The fraction of sp³-hybridized carbons (Fsp3) is 0.379. The van der Waals surface area contributed by atoms with Crippen molar-refractivity contribution in [2.75, 3.05) is 31.6 Å². The summed E-state index contributed by atoms with van der Waals surface area (Å²) in [5.74, 6) is 1.71. The highest BCUT2D eigenvalue weighted by Gasteiger charge is 2.39. The minimum absolute atomic E-state index is 0.141. The van der Waals surface area contributed by atoms with Crippen LogP contribution in [0.1, 0.15) is 26.3 Å². The summed E-state index contributed by atoms with van der Waals surface area (Å²) in [6.07, 6.45) is 1.63. The van der Waals surface area contributed by atoms with Crippen molar-refractivity contribution in [1.29, 1.82) is 0 Å².